The zero-order chi connectivity index (χ0) is 67.0. The summed E-state index contributed by atoms with van der Waals surface area (Å²) in [6, 6.07) is 120. The lowest BCUT2D eigenvalue weighted by molar-refractivity contribution is 1.03. The fraction of sp³-hybridized carbons (Fsp3) is 0. The van der Waals surface area contributed by atoms with Crippen LogP contribution in [0, 0.1) is 22.7 Å². The van der Waals surface area contributed by atoms with Crippen molar-refractivity contribution in [2.75, 3.05) is 0 Å². The van der Waals surface area contributed by atoms with Crippen molar-refractivity contribution in [3.8, 4) is 68.3 Å². The number of hydrogen-bond donors (Lipinski definition) is 0. The first-order chi connectivity index (χ1) is 50.6. The molecule has 22 aromatic rings. The van der Waals surface area contributed by atoms with E-state index in [0.717, 1.165) is 172 Å². The van der Waals surface area contributed by atoms with Gasteiger partial charge in [-0.2, -0.15) is 10.5 Å². The maximum atomic E-state index is 13.6. The summed E-state index contributed by atoms with van der Waals surface area (Å²) in [7, 11) is 0. The van der Waals surface area contributed by atoms with Crippen molar-refractivity contribution in [2.24, 2.45) is 0 Å². The van der Waals surface area contributed by atoms with Crippen molar-refractivity contribution in [1.82, 2.24) is 18.3 Å². The van der Waals surface area contributed by atoms with Crippen LogP contribution in [0.15, 0.2) is 315 Å². The van der Waals surface area contributed by atoms with Crippen molar-refractivity contribution < 1.29 is 0 Å². The maximum absolute atomic E-state index is 13.6. The highest BCUT2D eigenvalue weighted by Crippen LogP contribution is 2.53. The van der Waals surface area contributed by atoms with Crippen LogP contribution in [0.25, 0.3) is 205 Å². The Balaban J connectivity index is 1.01. The number of hydrogen-bond acceptors (Lipinski definition) is 4. The standard InChI is InChI=1S/C94H52N6S2/c95-53-77-88(98-81-39-15-9-31-67(81)68-32-10-16-40-82(68)98)90(100-84-52-58(62-27-5-6-28-63(62)64-36-20-24-56-22-2-4-26-60(56)64)44-46-70(84)74-48-50-76-72-34-12-18-42-86(72)102-94(76)92(74)100)78(54-96)87(97-79-37-13-7-29-65(79)66-30-8-14-38-80(66)97)89(77)99-83-51-57(61-35-19-23-55-21-1-3-25-59(55)61)43-45-69(83)73-47-49-75-71-33-11-17-41-85(71)101-93(75)91(73)99/h1-52H. The van der Waals surface area contributed by atoms with Crippen LogP contribution in [0.4, 0.5) is 0 Å². The van der Waals surface area contributed by atoms with E-state index in [9.17, 15) is 10.5 Å². The molecule has 22 rings (SSSR count). The van der Waals surface area contributed by atoms with Crippen LogP contribution < -0.4 is 0 Å². The number of fused-ring (bicyclic) bond motifs is 22. The second kappa shape index (κ2) is 21.6. The van der Waals surface area contributed by atoms with Crippen LogP contribution in [0.2, 0.25) is 0 Å². The summed E-state index contributed by atoms with van der Waals surface area (Å²) in [4.78, 5) is 0. The van der Waals surface area contributed by atoms with Gasteiger partial charge in [-0.15, -0.1) is 22.7 Å². The van der Waals surface area contributed by atoms with Gasteiger partial charge in [0.15, 0.2) is 0 Å². The van der Waals surface area contributed by atoms with Gasteiger partial charge >= 0.3 is 0 Å². The predicted molar refractivity (Wildman–Crippen MR) is 430 cm³/mol. The number of rotatable bonds is 7. The van der Waals surface area contributed by atoms with E-state index in [4.69, 9.17) is 0 Å². The van der Waals surface area contributed by atoms with Crippen LogP contribution in [0.1, 0.15) is 11.1 Å². The zero-order valence-electron chi connectivity index (χ0n) is 54.5. The van der Waals surface area contributed by atoms with Crippen molar-refractivity contribution in [1.29, 1.82) is 10.5 Å². The molecule has 0 atom stereocenters. The van der Waals surface area contributed by atoms with E-state index in [2.05, 4.69) is 346 Å². The van der Waals surface area contributed by atoms with E-state index in [1.165, 1.54) is 10.8 Å². The second-order valence-corrected chi connectivity index (χ2v) is 28.8. The summed E-state index contributed by atoms with van der Waals surface area (Å²) in [5.74, 6) is 0. The molecule has 0 radical (unpaired) electrons. The molecule has 0 aliphatic heterocycles. The molecule has 470 valence electrons. The smallest absolute Gasteiger partial charge is 0.104 e. The number of benzene rings is 16. The largest absolute Gasteiger partial charge is 0.306 e. The topological polar surface area (TPSA) is 67.3 Å². The number of thiophene rings is 2. The van der Waals surface area contributed by atoms with Gasteiger partial charge < -0.3 is 18.3 Å². The highest BCUT2D eigenvalue weighted by Gasteiger charge is 2.36. The molecule has 16 aromatic carbocycles. The van der Waals surface area contributed by atoms with Crippen molar-refractivity contribution in [2.45, 2.75) is 0 Å². The highest BCUT2D eigenvalue weighted by molar-refractivity contribution is 7.27. The average Bonchev–Trinajstić information content (AvgIpc) is 0.755. The fourth-order valence-corrected chi connectivity index (χ4v) is 19.9. The van der Waals surface area contributed by atoms with Gasteiger partial charge in [0.2, 0.25) is 0 Å². The lowest BCUT2D eigenvalue weighted by Crippen LogP contribution is -2.16. The molecule has 0 aliphatic carbocycles. The predicted octanol–water partition coefficient (Wildman–Crippen LogP) is 25.9. The zero-order valence-corrected chi connectivity index (χ0v) is 56.2. The molecule has 0 spiro atoms. The summed E-state index contributed by atoms with van der Waals surface area (Å²) >= 11 is 3.55. The van der Waals surface area contributed by atoms with Crippen LogP contribution in [0.3, 0.4) is 0 Å². The molecule has 0 unspecified atom stereocenters. The molecular weight excluding hydrogens is 1280 g/mol. The van der Waals surface area contributed by atoms with Gasteiger partial charge in [-0.1, -0.05) is 267 Å². The Morgan fingerprint density at radius 2 is 0.539 bits per heavy atom. The van der Waals surface area contributed by atoms with E-state index in [-0.39, 0.29) is 0 Å². The minimum atomic E-state index is 0.398. The summed E-state index contributed by atoms with van der Waals surface area (Å²) in [5, 5.41) is 44.7. The third-order valence-corrected chi connectivity index (χ3v) is 24.0. The molecule has 0 saturated heterocycles. The minimum absolute atomic E-state index is 0.398. The molecule has 6 aromatic heterocycles. The minimum Gasteiger partial charge on any atom is -0.306 e. The van der Waals surface area contributed by atoms with Gasteiger partial charge in [0.1, 0.15) is 23.3 Å². The van der Waals surface area contributed by atoms with E-state index >= 15 is 0 Å². The van der Waals surface area contributed by atoms with Crippen molar-refractivity contribution >= 4 is 172 Å². The quantitative estimate of drug-likeness (QED) is 0.160. The Morgan fingerprint density at radius 3 is 1.00 bits per heavy atom. The normalized spacial score (nSPS) is 12.1. The third-order valence-electron chi connectivity index (χ3n) is 21.6. The molecule has 0 N–H and O–H groups in total. The summed E-state index contributed by atoms with van der Waals surface area (Å²) in [5.41, 5.74) is 17.0. The summed E-state index contributed by atoms with van der Waals surface area (Å²) in [6.45, 7) is 0. The molecule has 0 aliphatic rings. The number of nitriles is 2. The molecule has 6 heterocycles. The summed E-state index contributed by atoms with van der Waals surface area (Å²) in [6.07, 6.45) is 0. The maximum Gasteiger partial charge on any atom is 0.104 e. The molecule has 0 fully saturated rings. The number of para-hydroxylation sites is 4. The SMILES string of the molecule is N#Cc1c(-n2c3ccccc3c3ccccc32)c(-n2c3cc(-c4cccc5ccccc45)ccc3c3ccc4c5ccccc5sc4c32)c(C#N)c(-n2c3ccccc3c3ccccc32)c1-n1c2cc(-c3ccccc3-c3cccc4ccccc34)ccc2c2ccc3c4ccccc4sc3c21. The molecule has 8 heteroatoms. The first kappa shape index (κ1) is 56.7. The van der Waals surface area contributed by atoms with E-state index in [0.29, 0.717) is 33.9 Å². The number of nitrogens with zero attached hydrogens (tertiary/aromatic N) is 6. The molecule has 102 heavy (non-hydrogen) atoms. The van der Waals surface area contributed by atoms with E-state index in [1.807, 2.05) is 0 Å². The Hall–Kier alpha value is -13.3. The molecule has 0 saturated carbocycles. The van der Waals surface area contributed by atoms with Crippen molar-refractivity contribution in [3.63, 3.8) is 0 Å². The lowest BCUT2D eigenvalue weighted by Gasteiger charge is -2.27. The van der Waals surface area contributed by atoms with Crippen molar-refractivity contribution in [3.05, 3.63) is 327 Å². The van der Waals surface area contributed by atoms with E-state index < -0.39 is 0 Å². The molecule has 0 amide bonds. The molecule has 6 nitrogen and oxygen atoms in total. The lowest BCUT2D eigenvalue weighted by atomic mass is 9.91. The fourth-order valence-electron chi connectivity index (χ4n) is 17.4. The first-order valence-electron chi connectivity index (χ1n) is 34.4. The van der Waals surface area contributed by atoms with E-state index in [1.54, 1.807) is 22.7 Å². The highest BCUT2D eigenvalue weighted by atomic mass is 32.1. The van der Waals surface area contributed by atoms with Gasteiger partial charge in [0, 0.05) is 74.0 Å². The van der Waals surface area contributed by atoms with Gasteiger partial charge in [-0.25, -0.2) is 0 Å². The Morgan fingerprint density at radius 1 is 0.225 bits per heavy atom. The van der Waals surface area contributed by atoms with Crippen LogP contribution in [0.5, 0.6) is 0 Å². The van der Waals surface area contributed by atoms with Crippen LogP contribution in [-0.2, 0) is 0 Å². The van der Waals surface area contributed by atoms with Gasteiger partial charge in [0.25, 0.3) is 0 Å². The van der Waals surface area contributed by atoms with Crippen LogP contribution in [-0.4, -0.2) is 18.3 Å². The number of aromatic nitrogens is 4. The van der Waals surface area contributed by atoms with Gasteiger partial charge in [-0.05, 0) is 103 Å². The summed E-state index contributed by atoms with van der Waals surface area (Å²) < 4.78 is 14.0. The Labute approximate surface area is 591 Å². The van der Waals surface area contributed by atoms with Gasteiger partial charge in [0.05, 0.1) is 76.3 Å². The monoisotopic (exact) mass is 1330 g/mol. The Kier molecular flexibility index (Phi) is 12.0. The molecule has 0 bridgehead atoms. The molecular formula is C94H52N6S2. The Bertz CT molecular complexity index is 7440. The average molecular weight is 1330 g/mol. The van der Waals surface area contributed by atoms with Crippen LogP contribution >= 0.6 is 22.7 Å². The second-order valence-electron chi connectivity index (χ2n) is 26.7. The van der Waals surface area contributed by atoms with Gasteiger partial charge in [-0.3, -0.25) is 0 Å². The first-order valence-corrected chi connectivity index (χ1v) is 36.1. The third kappa shape index (κ3) is 7.79.